The quantitative estimate of drug-likeness (QED) is 0.648. The lowest BCUT2D eigenvalue weighted by atomic mass is 9.88. The molecule has 0 radical (unpaired) electrons. The molecule has 2 aromatic rings. The molecule has 1 aliphatic carbocycles. The van der Waals surface area contributed by atoms with E-state index in [1.165, 1.54) is 23.1 Å². The fraction of sp³-hybridized carbons (Fsp3) is 0.409. The second-order valence-electron chi connectivity index (χ2n) is 7.26. The van der Waals surface area contributed by atoms with Gasteiger partial charge < -0.3 is 10.1 Å². The van der Waals surface area contributed by atoms with E-state index in [0.29, 0.717) is 16.5 Å². The number of thiophene rings is 1. The number of benzene rings is 1. The van der Waals surface area contributed by atoms with E-state index in [9.17, 15) is 14.4 Å². The number of thioether (sulfide) groups is 1. The van der Waals surface area contributed by atoms with E-state index in [-0.39, 0.29) is 18.3 Å². The number of hydrogen-bond acceptors (Lipinski definition) is 6. The molecule has 1 heterocycles. The summed E-state index contributed by atoms with van der Waals surface area (Å²) in [4.78, 5) is 38.2. The van der Waals surface area contributed by atoms with Gasteiger partial charge in [0.25, 0.3) is 5.91 Å². The monoisotopic (exact) mass is 446 g/mol. The third-order valence-electron chi connectivity index (χ3n) is 4.83. The summed E-state index contributed by atoms with van der Waals surface area (Å²) in [5.41, 5.74) is 2.49. The first kappa shape index (κ1) is 22.4. The Bertz CT molecular complexity index is 911. The third kappa shape index (κ3) is 5.86. The van der Waals surface area contributed by atoms with E-state index < -0.39 is 12.0 Å². The number of carbonyl (C=O) groups excluding carboxylic acids is 3. The highest BCUT2D eigenvalue weighted by Gasteiger charge is 2.29. The molecule has 3 amide bonds. The summed E-state index contributed by atoms with van der Waals surface area (Å²) in [6.45, 7) is 4.04. The molecule has 0 saturated heterocycles. The molecule has 1 atom stereocenters. The number of carbonyl (C=O) groups is 3. The number of ether oxygens (including phenoxy) is 1. The second-order valence-corrected chi connectivity index (χ2v) is 9.35. The van der Waals surface area contributed by atoms with Crippen LogP contribution in [0, 0.1) is 5.92 Å². The Morgan fingerprint density at radius 2 is 2.00 bits per heavy atom. The number of rotatable bonds is 7. The summed E-state index contributed by atoms with van der Waals surface area (Å²) < 4.78 is 4.83. The van der Waals surface area contributed by atoms with E-state index >= 15 is 0 Å². The zero-order valence-electron chi connectivity index (χ0n) is 17.2. The highest BCUT2D eigenvalue weighted by Crippen LogP contribution is 2.39. The summed E-state index contributed by atoms with van der Waals surface area (Å²) in [5, 5.41) is 5.69. The lowest BCUT2D eigenvalue weighted by Gasteiger charge is -2.18. The van der Waals surface area contributed by atoms with Crippen LogP contribution in [0.2, 0.25) is 0 Å². The first-order chi connectivity index (χ1) is 14.5. The Morgan fingerprint density at radius 1 is 1.23 bits per heavy atom. The van der Waals surface area contributed by atoms with Gasteiger partial charge in [0.2, 0.25) is 5.91 Å². The van der Waals surface area contributed by atoms with E-state index in [0.717, 1.165) is 41.0 Å². The minimum absolute atomic E-state index is 0.159. The zero-order valence-corrected chi connectivity index (χ0v) is 18.8. The number of imide groups is 1. The number of alkyl carbamates (subject to hydrolysis) is 1. The van der Waals surface area contributed by atoms with Crippen molar-refractivity contribution in [2.75, 3.05) is 17.7 Å². The summed E-state index contributed by atoms with van der Waals surface area (Å²) in [5.74, 6) is 0.873. The SMILES string of the molecule is CCOC(=O)NC(=O)c1c(NC(=O)CSCc2ccccc2)sc2c1CCC(C)C2. The lowest BCUT2D eigenvalue weighted by Crippen LogP contribution is -2.32. The summed E-state index contributed by atoms with van der Waals surface area (Å²) in [6.07, 6.45) is 1.83. The van der Waals surface area contributed by atoms with Crippen LogP contribution >= 0.6 is 23.1 Å². The maximum Gasteiger partial charge on any atom is 0.414 e. The van der Waals surface area contributed by atoms with E-state index in [1.807, 2.05) is 30.3 Å². The lowest BCUT2D eigenvalue weighted by molar-refractivity contribution is -0.113. The predicted octanol–water partition coefficient (Wildman–Crippen LogP) is 4.63. The molecule has 1 aromatic carbocycles. The van der Waals surface area contributed by atoms with Crippen LogP contribution in [0.3, 0.4) is 0 Å². The van der Waals surface area contributed by atoms with Gasteiger partial charge >= 0.3 is 6.09 Å². The molecular formula is C22H26N2O4S2. The molecule has 0 bridgehead atoms. The van der Waals surface area contributed by atoms with Crippen LogP contribution in [-0.2, 0) is 28.1 Å². The Labute approximate surface area is 184 Å². The molecular weight excluding hydrogens is 420 g/mol. The van der Waals surface area contributed by atoms with Gasteiger partial charge in [0.1, 0.15) is 5.00 Å². The molecule has 3 rings (SSSR count). The molecule has 6 nitrogen and oxygen atoms in total. The molecule has 0 fully saturated rings. The average Bonchev–Trinajstić information content (AvgIpc) is 3.05. The summed E-state index contributed by atoms with van der Waals surface area (Å²) >= 11 is 2.96. The molecule has 0 saturated carbocycles. The first-order valence-corrected chi connectivity index (χ1v) is 12.0. The van der Waals surface area contributed by atoms with Gasteiger partial charge in [-0.3, -0.25) is 14.9 Å². The number of fused-ring (bicyclic) bond motifs is 1. The molecule has 160 valence electrons. The van der Waals surface area contributed by atoms with Crippen LogP contribution < -0.4 is 10.6 Å². The third-order valence-corrected chi connectivity index (χ3v) is 7.00. The number of amides is 3. The molecule has 30 heavy (non-hydrogen) atoms. The molecule has 2 N–H and O–H groups in total. The topological polar surface area (TPSA) is 84.5 Å². The molecule has 0 aliphatic heterocycles. The molecule has 0 spiro atoms. The zero-order chi connectivity index (χ0) is 21.5. The Morgan fingerprint density at radius 3 is 2.73 bits per heavy atom. The molecule has 8 heteroatoms. The van der Waals surface area contributed by atoms with Gasteiger partial charge in [0.15, 0.2) is 0 Å². The fourth-order valence-electron chi connectivity index (χ4n) is 3.40. The van der Waals surface area contributed by atoms with Crippen molar-refractivity contribution in [3.8, 4) is 0 Å². The van der Waals surface area contributed by atoms with Gasteiger partial charge in [-0.2, -0.15) is 0 Å². The van der Waals surface area contributed by atoms with E-state index in [4.69, 9.17) is 4.74 Å². The minimum atomic E-state index is -0.776. The van der Waals surface area contributed by atoms with Gasteiger partial charge in [-0.15, -0.1) is 23.1 Å². The van der Waals surface area contributed by atoms with Crippen LogP contribution in [0.1, 0.15) is 46.6 Å². The minimum Gasteiger partial charge on any atom is -0.450 e. The molecule has 1 unspecified atom stereocenters. The largest absolute Gasteiger partial charge is 0.450 e. The van der Waals surface area contributed by atoms with Gasteiger partial charge in [-0.05, 0) is 43.2 Å². The molecule has 1 aliphatic rings. The number of nitrogens with one attached hydrogen (secondary N) is 2. The summed E-state index contributed by atoms with van der Waals surface area (Å²) in [7, 11) is 0. The van der Waals surface area contributed by atoms with Crippen molar-refractivity contribution in [1.29, 1.82) is 0 Å². The van der Waals surface area contributed by atoms with Crippen molar-refractivity contribution in [1.82, 2.24) is 5.32 Å². The number of anilines is 1. The maximum atomic E-state index is 12.8. The Kier molecular flexibility index (Phi) is 7.93. The van der Waals surface area contributed by atoms with Crippen LogP contribution in [0.25, 0.3) is 0 Å². The van der Waals surface area contributed by atoms with Crippen molar-refractivity contribution in [3.63, 3.8) is 0 Å². The van der Waals surface area contributed by atoms with Gasteiger partial charge in [0.05, 0.1) is 17.9 Å². The average molecular weight is 447 g/mol. The standard InChI is InChI=1S/C22H26N2O4S2/c1-3-28-22(27)24-20(26)19-16-10-9-14(2)11-17(16)30-21(19)23-18(25)13-29-12-15-7-5-4-6-8-15/h4-8,14H,3,9-13H2,1-2H3,(H,23,25)(H,24,26,27). The van der Waals surface area contributed by atoms with Crippen LogP contribution in [0.15, 0.2) is 30.3 Å². The summed E-state index contributed by atoms with van der Waals surface area (Å²) in [6, 6.07) is 9.96. The normalized spacial score (nSPS) is 15.2. The van der Waals surface area contributed by atoms with E-state index in [1.54, 1.807) is 6.92 Å². The highest BCUT2D eigenvalue weighted by atomic mass is 32.2. The predicted molar refractivity (Wildman–Crippen MR) is 121 cm³/mol. The van der Waals surface area contributed by atoms with Crippen molar-refractivity contribution >= 4 is 46.0 Å². The van der Waals surface area contributed by atoms with Crippen molar-refractivity contribution in [3.05, 3.63) is 51.9 Å². The smallest absolute Gasteiger partial charge is 0.414 e. The second kappa shape index (κ2) is 10.6. The maximum absolute atomic E-state index is 12.8. The highest BCUT2D eigenvalue weighted by molar-refractivity contribution is 7.99. The van der Waals surface area contributed by atoms with E-state index in [2.05, 4.69) is 17.6 Å². The first-order valence-electron chi connectivity index (χ1n) is 10.0. The van der Waals surface area contributed by atoms with Gasteiger partial charge in [0, 0.05) is 10.6 Å². The van der Waals surface area contributed by atoms with Crippen molar-refractivity contribution in [2.45, 2.75) is 38.9 Å². The van der Waals surface area contributed by atoms with Gasteiger partial charge in [-0.1, -0.05) is 37.3 Å². The van der Waals surface area contributed by atoms with Crippen molar-refractivity contribution in [2.24, 2.45) is 5.92 Å². The fourth-order valence-corrected chi connectivity index (χ4v) is 5.61. The van der Waals surface area contributed by atoms with Crippen LogP contribution in [0.5, 0.6) is 0 Å². The van der Waals surface area contributed by atoms with Crippen LogP contribution in [0.4, 0.5) is 9.80 Å². The van der Waals surface area contributed by atoms with Crippen LogP contribution in [-0.4, -0.2) is 30.3 Å². The molecule has 1 aromatic heterocycles. The Hall–Kier alpha value is -2.32. The Balaban J connectivity index is 1.70. The van der Waals surface area contributed by atoms with Crippen molar-refractivity contribution < 1.29 is 19.1 Å². The van der Waals surface area contributed by atoms with Gasteiger partial charge in [-0.25, -0.2) is 4.79 Å². The number of hydrogen-bond donors (Lipinski definition) is 2.